The van der Waals surface area contributed by atoms with Crippen LogP contribution in [0.4, 0.5) is 0 Å². The molecule has 0 radical (unpaired) electrons. The number of hydrogen-bond acceptors (Lipinski definition) is 2. The molecular weight excluding hydrogens is 274 g/mol. The fraction of sp³-hybridized carbons (Fsp3) is 0.917. The zero-order chi connectivity index (χ0) is 10.6. The fourth-order valence-corrected chi connectivity index (χ4v) is 1.58. The van der Waals surface area contributed by atoms with E-state index in [1.165, 1.54) is 44.9 Å². The molecule has 0 bridgehead atoms. The Hall–Kier alpha value is 1.72. The summed E-state index contributed by atoms with van der Waals surface area (Å²) in [5.41, 5.74) is 0. The molecule has 6 heteroatoms. The summed E-state index contributed by atoms with van der Waals surface area (Å²) in [6, 6.07) is 0. The van der Waals surface area contributed by atoms with Crippen LogP contribution in [-0.4, -0.2) is 11.4 Å². The number of unbranched alkanes of at least 4 members (excludes halogenated alkanes) is 8. The third-order valence-corrected chi connectivity index (χ3v) is 2.48. The molecule has 2 N–H and O–H groups in total. The zero-order valence-electron chi connectivity index (χ0n) is 12.3. The first-order valence-electron chi connectivity index (χ1n) is 5.97. The molecule has 0 aromatic rings. The van der Waals surface area contributed by atoms with E-state index in [2.05, 4.69) is 6.92 Å². The molecule has 3 nitrogen and oxygen atoms in total. The van der Waals surface area contributed by atoms with E-state index in [4.69, 9.17) is 0 Å². The Bertz CT molecular complexity index is 149. The van der Waals surface area contributed by atoms with Gasteiger partial charge in [0, 0.05) is 5.97 Å². The molecule has 0 aliphatic rings. The Balaban J connectivity index is -0.000000141. The van der Waals surface area contributed by atoms with E-state index < -0.39 is 5.97 Å². The molecule has 0 aromatic heterocycles. The van der Waals surface area contributed by atoms with Crippen LogP contribution in [-0.2, 0) is 4.79 Å². The van der Waals surface area contributed by atoms with E-state index in [9.17, 15) is 9.90 Å². The minimum atomic E-state index is -0.909. The van der Waals surface area contributed by atoms with Gasteiger partial charge in [-0.15, -0.1) is 0 Å². The van der Waals surface area contributed by atoms with Crippen LogP contribution in [0.2, 0.25) is 0 Å². The van der Waals surface area contributed by atoms with E-state index in [-0.39, 0.29) is 83.4 Å². The first-order valence-corrected chi connectivity index (χ1v) is 5.97. The number of hydrogen-bond donors (Lipinski definition) is 0. The van der Waals surface area contributed by atoms with Gasteiger partial charge in [0.15, 0.2) is 0 Å². The van der Waals surface area contributed by atoms with Crippen LogP contribution in [0.1, 0.15) is 71.1 Å². The van der Waals surface area contributed by atoms with Gasteiger partial charge in [0.1, 0.15) is 0 Å². The maximum Gasteiger partial charge on any atom is 1.00 e. The summed E-state index contributed by atoms with van der Waals surface area (Å²) in [6.45, 7) is 2.22. The van der Waals surface area contributed by atoms with Crippen LogP contribution in [0.3, 0.4) is 0 Å². The summed E-state index contributed by atoms with van der Waals surface area (Å²) in [7, 11) is 0. The predicted octanol–water partition coefficient (Wildman–Crippen LogP) is -7.16. The molecule has 0 saturated carbocycles. The maximum absolute atomic E-state index is 10.1. The topological polar surface area (TPSA) is 71.6 Å². The Morgan fingerprint density at radius 1 is 0.833 bits per heavy atom. The second-order valence-corrected chi connectivity index (χ2v) is 3.95. The molecule has 0 aliphatic heterocycles. The first-order chi connectivity index (χ1) is 6.77. The molecule has 100 valence electrons. The van der Waals surface area contributed by atoms with E-state index in [1.807, 2.05) is 0 Å². The van der Waals surface area contributed by atoms with Gasteiger partial charge in [-0.25, -0.2) is 0 Å². The Morgan fingerprint density at radius 2 is 1.17 bits per heavy atom. The van der Waals surface area contributed by atoms with Crippen molar-refractivity contribution in [1.82, 2.24) is 0 Å². The van der Waals surface area contributed by atoms with Crippen molar-refractivity contribution < 1.29 is 86.9 Å². The van der Waals surface area contributed by atoms with Crippen molar-refractivity contribution in [1.29, 1.82) is 0 Å². The molecule has 0 fully saturated rings. The van der Waals surface area contributed by atoms with Gasteiger partial charge in [-0.3, -0.25) is 0 Å². The molecule has 0 rings (SSSR count). The number of halogens is 1. The van der Waals surface area contributed by atoms with Gasteiger partial charge in [-0.1, -0.05) is 58.3 Å². The van der Waals surface area contributed by atoms with Crippen LogP contribution in [0.15, 0.2) is 0 Å². The average Bonchev–Trinajstić information content (AvgIpc) is 2.15. The quantitative estimate of drug-likeness (QED) is 0.297. The van der Waals surface area contributed by atoms with Crippen LogP contribution < -0.4 is 76.6 Å². The normalized spacial score (nSPS) is 8.06. The Kier molecular flexibility index (Phi) is 48.1. The molecule has 0 heterocycles. The van der Waals surface area contributed by atoms with Gasteiger partial charge in [0.05, 0.1) is 0 Å². The summed E-state index contributed by atoms with van der Waals surface area (Å²) in [6.07, 6.45) is 11.2. The molecular formula is C12H25ClNa2O3. The number of rotatable bonds is 10. The molecule has 0 aromatic carbocycles. The van der Waals surface area contributed by atoms with E-state index in [0.717, 1.165) is 12.8 Å². The molecule has 18 heavy (non-hydrogen) atoms. The van der Waals surface area contributed by atoms with Crippen molar-refractivity contribution in [2.24, 2.45) is 0 Å². The number of carbonyl (C=O) groups is 1. The van der Waals surface area contributed by atoms with Gasteiger partial charge in [-0.2, -0.15) is 0 Å². The summed E-state index contributed by atoms with van der Waals surface area (Å²) in [4.78, 5) is 10.1. The minimum absolute atomic E-state index is 0. The third kappa shape index (κ3) is 30.6. The maximum atomic E-state index is 10.1. The SMILES string of the molecule is CCCCCCCCCCCC(=O)[O-].O.[Cl-].[Na+].[Na+]. The number of carbonyl (C=O) groups excluding carboxylic acids is 1. The summed E-state index contributed by atoms with van der Waals surface area (Å²) >= 11 is 0. The van der Waals surface area contributed by atoms with Gasteiger partial charge >= 0.3 is 59.1 Å². The van der Waals surface area contributed by atoms with Crippen LogP contribution in [0, 0.1) is 0 Å². The van der Waals surface area contributed by atoms with E-state index >= 15 is 0 Å². The van der Waals surface area contributed by atoms with Crippen molar-refractivity contribution in [2.75, 3.05) is 0 Å². The van der Waals surface area contributed by atoms with Crippen LogP contribution >= 0.6 is 0 Å². The Labute approximate surface area is 162 Å². The second-order valence-electron chi connectivity index (χ2n) is 3.95. The van der Waals surface area contributed by atoms with Crippen LogP contribution in [0.5, 0.6) is 0 Å². The Morgan fingerprint density at radius 3 is 1.50 bits per heavy atom. The zero-order valence-corrected chi connectivity index (χ0v) is 17.0. The molecule has 0 unspecified atom stereocenters. The predicted molar refractivity (Wildman–Crippen MR) is 60.5 cm³/mol. The van der Waals surface area contributed by atoms with Gasteiger partial charge in [-0.05, 0) is 12.8 Å². The number of carboxylic acid groups (broad SMARTS) is 1. The van der Waals surface area contributed by atoms with Crippen molar-refractivity contribution in [3.05, 3.63) is 0 Å². The van der Waals surface area contributed by atoms with Gasteiger partial charge < -0.3 is 27.8 Å². The summed E-state index contributed by atoms with van der Waals surface area (Å²) < 4.78 is 0. The van der Waals surface area contributed by atoms with Gasteiger partial charge in [0.2, 0.25) is 0 Å². The average molecular weight is 299 g/mol. The molecule has 0 atom stereocenters. The van der Waals surface area contributed by atoms with Gasteiger partial charge in [0.25, 0.3) is 0 Å². The van der Waals surface area contributed by atoms with Crippen molar-refractivity contribution in [3.63, 3.8) is 0 Å². The summed E-state index contributed by atoms with van der Waals surface area (Å²) in [5, 5.41) is 10.1. The smallest absolute Gasteiger partial charge is 1.00 e. The van der Waals surface area contributed by atoms with E-state index in [0.29, 0.717) is 0 Å². The third-order valence-electron chi connectivity index (χ3n) is 2.48. The standard InChI is InChI=1S/C12H24O2.ClH.2Na.H2O/c1-2-3-4-5-6-7-8-9-10-11-12(13)14;;;;/h2-11H2,1H3,(H,13,14);1H;;;1H2/q;;2*+1;/p-2. The largest absolute Gasteiger partial charge is 1.00 e. The second kappa shape index (κ2) is 27.1. The van der Waals surface area contributed by atoms with Crippen molar-refractivity contribution in [3.8, 4) is 0 Å². The monoisotopic (exact) mass is 298 g/mol. The fourth-order valence-electron chi connectivity index (χ4n) is 1.58. The number of aliphatic carboxylic acids is 1. The van der Waals surface area contributed by atoms with Crippen LogP contribution in [0.25, 0.3) is 0 Å². The molecule has 0 amide bonds. The first kappa shape index (κ1) is 31.9. The number of carboxylic acids is 1. The van der Waals surface area contributed by atoms with Crippen molar-refractivity contribution >= 4 is 5.97 Å². The van der Waals surface area contributed by atoms with E-state index in [1.54, 1.807) is 0 Å². The van der Waals surface area contributed by atoms with Crippen molar-refractivity contribution in [2.45, 2.75) is 71.1 Å². The molecule has 0 saturated heterocycles. The summed E-state index contributed by atoms with van der Waals surface area (Å²) in [5.74, 6) is -0.909. The molecule has 0 aliphatic carbocycles. The minimum Gasteiger partial charge on any atom is -1.00 e. The molecule has 0 spiro atoms.